The van der Waals surface area contributed by atoms with Crippen molar-refractivity contribution in [2.45, 2.75) is 33.6 Å². The Morgan fingerprint density at radius 2 is 2.12 bits per heavy atom. The molecule has 0 saturated carbocycles. The number of nitrogens with one attached hydrogen (secondary N) is 1. The molecule has 3 heteroatoms. The first-order chi connectivity index (χ1) is 8.00. The molecule has 3 nitrogen and oxygen atoms in total. The van der Waals surface area contributed by atoms with Crippen LogP contribution in [-0.4, -0.2) is 19.1 Å². The number of amides is 1. The highest BCUT2D eigenvalue weighted by molar-refractivity contribution is 5.72. The van der Waals surface area contributed by atoms with E-state index in [1.54, 1.807) is 0 Å². The predicted molar refractivity (Wildman–Crippen MR) is 69.4 cm³/mol. The molecule has 0 atom stereocenters. The molecule has 0 fully saturated rings. The van der Waals surface area contributed by atoms with Gasteiger partial charge in [-0.3, -0.25) is 4.79 Å². The van der Waals surface area contributed by atoms with Gasteiger partial charge < -0.3 is 10.1 Å². The van der Waals surface area contributed by atoms with E-state index in [0.717, 1.165) is 5.75 Å². The summed E-state index contributed by atoms with van der Waals surface area (Å²) in [5.74, 6) is 1.33. The zero-order valence-corrected chi connectivity index (χ0v) is 11.0. The van der Waals surface area contributed by atoms with E-state index < -0.39 is 0 Å². The Morgan fingerprint density at radius 1 is 1.41 bits per heavy atom. The molecule has 0 aliphatic carbocycles. The second kappa shape index (κ2) is 6.28. The topological polar surface area (TPSA) is 38.3 Å². The zero-order chi connectivity index (χ0) is 12.8. The van der Waals surface area contributed by atoms with Gasteiger partial charge >= 0.3 is 0 Å². The molecule has 0 spiro atoms. The lowest BCUT2D eigenvalue weighted by molar-refractivity contribution is -0.119. The van der Waals surface area contributed by atoms with E-state index in [1.165, 1.54) is 18.1 Å². The Bertz CT molecular complexity index is 386. The predicted octanol–water partition coefficient (Wildman–Crippen LogP) is 2.63. The van der Waals surface area contributed by atoms with Crippen LogP contribution < -0.4 is 10.1 Å². The van der Waals surface area contributed by atoms with Gasteiger partial charge in [-0.1, -0.05) is 26.0 Å². The Hall–Kier alpha value is -1.51. The summed E-state index contributed by atoms with van der Waals surface area (Å²) in [4.78, 5) is 10.7. The number of ether oxygens (including phenoxy) is 1. The van der Waals surface area contributed by atoms with Gasteiger partial charge in [0.1, 0.15) is 12.4 Å². The average Bonchev–Trinajstić information content (AvgIpc) is 2.23. The van der Waals surface area contributed by atoms with Crippen molar-refractivity contribution in [2.75, 3.05) is 13.2 Å². The van der Waals surface area contributed by atoms with Crippen LogP contribution >= 0.6 is 0 Å². The second-order valence-corrected chi connectivity index (χ2v) is 4.53. The van der Waals surface area contributed by atoms with Crippen LogP contribution in [0.25, 0.3) is 0 Å². The van der Waals surface area contributed by atoms with Crippen molar-refractivity contribution in [1.82, 2.24) is 5.32 Å². The maximum atomic E-state index is 10.7. The summed E-state index contributed by atoms with van der Waals surface area (Å²) in [5.41, 5.74) is 2.39. The lowest BCUT2D eigenvalue weighted by Gasteiger charge is -2.14. The minimum atomic E-state index is -0.0260. The number of carbonyl (C=O) groups is 1. The van der Waals surface area contributed by atoms with Gasteiger partial charge in [0.2, 0.25) is 5.91 Å². The molecule has 1 rings (SSSR count). The van der Waals surface area contributed by atoms with Gasteiger partial charge in [0.05, 0.1) is 6.54 Å². The smallest absolute Gasteiger partial charge is 0.216 e. The lowest BCUT2D eigenvalue weighted by Crippen LogP contribution is -2.25. The first-order valence-electron chi connectivity index (χ1n) is 5.98. The third-order valence-corrected chi connectivity index (χ3v) is 2.52. The highest BCUT2D eigenvalue weighted by Crippen LogP contribution is 2.27. The molecule has 17 heavy (non-hydrogen) atoms. The first kappa shape index (κ1) is 13.6. The Labute approximate surface area is 103 Å². The maximum Gasteiger partial charge on any atom is 0.216 e. The molecule has 1 aromatic carbocycles. The quantitative estimate of drug-likeness (QED) is 0.797. The minimum absolute atomic E-state index is 0.0260. The standard InChI is InChI=1S/C14H21NO2/c1-10(2)13-6-5-11(3)9-14(13)17-8-7-15-12(4)16/h5-6,9-10H,7-8H2,1-4H3,(H,15,16). The van der Waals surface area contributed by atoms with E-state index in [-0.39, 0.29) is 5.91 Å². The molecule has 1 aromatic rings. The molecule has 0 heterocycles. The van der Waals surface area contributed by atoms with Crippen LogP contribution in [-0.2, 0) is 4.79 Å². The second-order valence-electron chi connectivity index (χ2n) is 4.53. The summed E-state index contributed by atoms with van der Waals surface area (Å²) < 4.78 is 5.71. The molecular weight excluding hydrogens is 214 g/mol. The molecule has 0 unspecified atom stereocenters. The number of aryl methyl sites for hydroxylation is 1. The van der Waals surface area contributed by atoms with Crippen molar-refractivity contribution in [3.8, 4) is 5.75 Å². The van der Waals surface area contributed by atoms with Crippen molar-refractivity contribution >= 4 is 5.91 Å². The number of rotatable bonds is 5. The monoisotopic (exact) mass is 235 g/mol. The van der Waals surface area contributed by atoms with Gasteiger partial charge in [-0.05, 0) is 30.0 Å². The van der Waals surface area contributed by atoms with Gasteiger partial charge in [0, 0.05) is 6.92 Å². The molecule has 0 radical (unpaired) electrons. The SMILES string of the molecule is CC(=O)NCCOc1cc(C)ccc1C(C)C. The summed E-state index contributed by atoms with van der Waals surface area (Å²) in [7, 11) is 0. The number of hydrogen-bond donors (Lipinski definition) is 1. The van der Waals surface area contributed by atoms with Crippen LogP contribution in [0.15, 0.2) is 18.2 Å². The minimum Gasteiger partial charge on any atom is -0.491 e. The summed E-state index contributed by atoms with van der Waals surface area (Å²) in [6.45, 7) is 8.89. The van der Waals surface area contributed by atoms with Gasteiger partial charge in [-0.25, -0.2) is 0 Å². The van der Waals surface area contributed by atoms with Crippen molar-refractivity contribution in [1.29, 1.82) is 0 Å². The molecule has 1 amide bonds. The fourth-order valence-electron chi connectivity index (χ4n) is 1.63. The van der Waals surface area contributed by atoms with Crippen LogP contribution in [0.1, 0.15) is 37.8 Å². The maximum absolute atomic E-state index is 10.7. The number of carbonyl (C=O) groups excluding carboxylic acids is 1. The van der Waals surface area contributed by atoms with Gasteiger partial charge in [-0.15, -0.1) is 0 Å². The van der Waals surface area contributed by atoms with Crippen molar-refractivity contribution in [3.05, 3.63) is 29.3 Å². The molecular formula is C14H21NO2. The fourth-order valence-corrected chi connectivity index (χ4v) is 1.63. The van der Waals surface area contributed by atoms with Crippen molar-refractivity contribution in [2.24, 2.45) is 0 Å². The van der Waals surface area contributed by atoms with E-state index in [0.29, 0.717) is 19.1 Å². The molecule has 0 aliphatic heterocycles. The Morgan fingerprint density at radius 3 is 2.71 bits per heavy atom. The van der Waals surface area contributed by atoms with Crippen LogP contribution in [0.5, 0.6) is 5.75 Å². The van der Waals surface area contributed by atoms with Crippen LogP contribution in [0.2, 0.25) is 0 Å². The molecule has 0 bridgehead atoms. The van der Waals surface area contributed by atoms with Crippen molar-refractivity contribution < 1.29 is 9.53 Å². The fraction of sp³-hybridized carbons (Fsp3) is 0.500. The highest BCUT2D eigenvalue weighted by Gasteiger charge is 2.07. The summed E-state index contributed by atoms with van der Waals surface area (Å²) in [6, 6.07) is 6.24. The zero-order valence-electron chi connectivity index (χ0n) is 11.0. The van der Waals surface area contributed by atoms with E-state index in [1.807, 2.05) is 13.0 Å². The van der Waals surface area contributed by atoms with E-state index >= 15 is 0 Å². The molecule has 0 aliphatic rings. The van der Waals surface area contributed by atoms with E-state index in [2.05, 4.69) is 31.3 Å². The van der Waals surface area contributed by atoms with E-state index in [9.17, 15) is 4.79 Å². The van der Waals surface area contributed by atoms with Gasteiger partial charge in [0.25, 0.3) is 0 Å². The summed E-state index contributed by atoms with van der Waals surface area (Å²) in [6.07, 6.45) is 0. The molecule has 1 N–H and O–H groups in total. The highest BCUT2D eigenvalue weighted by atomic mass is 16.5. The number of benzene rings is 1. The Balaban J connectivity index is 2.62. The van der Waals surface area contributed by atoms with Gasteiger partial charge in [0.15, 0.2) is 0 Å². The summed E-state index contributed by atoms with van der Waals surface area (Å²) in [5, 5.41) is 2.72. The van der Waals surface area contributed by atoms with Crippen molar-refractivity contribution in [3.63, 3.8) is 0 Å². The number of hydrogen-bond acceptors (Lipinski definition) is 2. The molecule has 94 valence electrons. The third kappa shape index (κ3) is 4.47. The largest absolute Gasteiger partial charge is 0.491 e. The van der Waals surface area contributed by atoms with E-state index in [4.69, 9.17) is 4.74 Å². The van der Waals surface area contributed by atoms with Crippen LogP contribution in [0.3, 0.4) is 0 Å². The lowest BCUT2D eigenvalue weighted by atomic mass is 10.0. The van der Waals surface area contributed by atoms with Crippen LogP contribution in [0, 0.1) is 6.92 Å². The first-order valence-corrected chi connectivity index (χ1v) is 5.98. The van der Waals surface area contributed by atoms with Gasteiger partial charge in [-0.2, -0.15) is 0 Å². The Kier molecular flexibility index (Phi) is 5.01. The molecule has 0 aromatic heterocycles. The molecule has 0 saturated heterocycles. The normalized spacial score (nSPS) is 10.4. The van der Waals surface area contributed by atoms with Crippen LogP contribution in [0.4, 0.5) is 0 Å². The third-order valence-electron chi connectivity index (χ3n) is 2.52. The average molecular weight is 235 g/mol. The summed E-state index contributed by atoms with van der Waals surface area (Å²) >= 11 is 0.